The summed E-state index contributed by atoms with van der Waals surface area (Å²) in [6.07, 6.45) is 1.34. The zero-order chi connectivity index (χ0) is 16.2. The molecule has 1 N–H and O–H groups in total. The number of ether oxygens (including phenoxy) is 1. The van der Waals surface area contributed by atoms with Crippen LogP contribution >= 0.6 is 0 Å². The summed E-state index contributed by atoms with van der Waals surface area (Å²) < 4.78 is 5.85. The molecule has 2 heterocycles. The third kappa shape index (κ3) is 3.55. The number of carbonyl (C=O) groups excluding carboxylic acids is 2. The highest BCUT2D eigenvalue weighted by molar-refractivity contribution is 5.89. The molecule has 2 amide bonds. The Morgan fingerprint density at radius 2 is 2.13 bits per heavy atom. The molecule has 0 saturated carbocycles. The average molecular weight is 316 g/mol. The molecule has 0 unspecified atom stereocenters. The van der Waals surface area contributed by atoms with Gasteiger partial charge in [-0.15, -0.1) is 0 Å². The van der Waals surface area contributed by atoms with Crippen LogP contribution in [0.3, 0.4) is 0 Å². The number of hydrogen-bond acceptors (Lipinski definition) is 3. The van der Waals surface area contributed by atoms with Gasteiger partial charge in [0.1, 0.15) is 0 Å². The Labute approximate surface area is 137 Å². The van der Waals surface area contributed by atoms with Crippen molar-refractivity contribution in [1.29, 1.82) is 0 Å². The molecule has 5 heteroatoms. The first-order chi connectivity index (χ1) is 11.2. The Hall–Kier alpha value is -1.88. The zero-order valence-electron chi connectivity index (χ0n) is 13.5. The molecule has 5 nitrogen and oxygen atoms in total. The summed E-state index contributed by atoms with van der Waals surface area (Å²) in [5, 5.41) is 3.03. The lowest BCUT2D eigenvalue weighted by Crippen LogP contribution is -2.36. The third-order valence-electron chi connectivity index (χ3n) is 4.85. The van der Waals surface area contributed by atoms with Gasteiger partial charge < -0.3 is 15.0 Å². The van der Waals surface area contributed by atoms with Gasteiger partial charge in [0.05, 0.1) is 12.0 Å². The summed E-state index contributed by atoms with van der Waals surface area (Å²) in [5.74, 6) is 0.160. The van der Waals surface area contributed by atoms with Gasteiger partial charge in [0.2, 0.25) is 11.8 Å². The number of nitrogens with zero attached hydrogens (tertiary/aromatic N) is 1. The number of carbonyl (C=O) groups is 2. The molecule has 0 spiro atoms. The van der Waals surface area contributed by atoms with E-state index < -0.39 is 0 Å². The maximum atomic E-state index is 12.3. The molecule has 3 rings (SSSR count). The van der Waals surface area contributed by atoms with Crippen molar-refractivity contribution < 1.29 is 14.3 Å². The van der Waals surface area contributed by atoms with E-state index in [0.29, 0.717) is 32.0 Å². The van der Waals surface area contributed by atoms with Crippen LogP contribution in [0.5, 0.6) is 0 Å². The summed E-state index contributed by atoms with van der Waals surface area (Å²) >= 11 is 0. The highest BCUT2D eigenvalue weighted by Gasteiger charge is 2.35. The maximum Gasteiger partial charge on any atom is 0.225 e. The van der Waals surface area contributed by atoms with Crippen molar-refractivity contribution in [2.24, 2.45) is 11.8 Å². The summed E-state index contributed by atoms with van der Waals surface area (Å²) in [4.78, 5) is 25.8. The second-order valence-electron chi connectivity index (χ2n) is 6.33. The van der Waals surface area contributed by atoms with Gasteiger partial charge in [-0.05, 0) is 18.9 Å². The van der Waals surface area contributed by atoms with Crippen molar-refractivity contribution in [2.45, 2.75) is 25.9 Å². The van der Waals surface area contributed by atoms with Gasteiger partial charge in [-0.2, -0.15) is 0 Å². The van der Waals surface area contributed by atoms with Gasteiger partial charge >= 0.3 is 0 Å². The quantitative estimate of drug-likeness (QED) is 0.900. The Morgan fingerprint density at radius 3 is 2.83 bits per heavy atom. The largest absolute Gasteiger partial charge is 0.373 e. The molecule has 2 aliphatic rings. The lowest BCUT2D eigenvalue weighted by molar-refractivity contribution is -0.129. The first kappa shape index (κ1) is 16.0. The number of rotatable bonds is 5. The van der Waals surface area contributed by atoms with Crippen LogP contribution in [-0.2, 0) is 14.3 Å². The van der Waals surface area contributed by atoms with E-state index in [1.54, 1.807) is 4.90 Å². The molecule has 23 heavy (non-hydrogen) atoms. The molecule has 2 fully saturated rings. The van der Waals surface area contributed by atoms with Gasteiger partial charge in [-0.1, -0.05) is 30.3 Å². The fourth-order valence-electron chi connectivity index (χ4n) is 3.48. The lowest BCUT2D eigenvalue weighted by atomic mass is 9.95. The average Bonchev–Trinajstić information content (AvgIpc) is 3.19. The molecule has 1 aromatic rings. The second kappa shape index (κ2) is 7.13. The van der Waals surface area contributed by atoms with E-state index in [2.05, 4.69) is 17.4 Å². The number of likely N-dealkylation sites (tertiary alicyclic amines) is 1. The van der Waals surface area contributed by atoms with Crippen LogP contribution in [0.4, 0.5) is 0 Å². The molecule has 124 valence electrons. The van der Waals surface area contributed by atoms with Crippen molar-refractivity contribution in [2.75, 3.05) is 26.2 Å². The highest BCUT2D eigenvalue weighted by atomic mass is 16.5. The third-order valence-corrected chi connectivity index (χ3v) is 4.85. The molecule has 2 aliphatic heterocycles. The summed E-state index contributed by atoms with van der Waals surface area (Å²) in [6, 6.07) is 10.2. The van der Waals surface area contributed by atoms with Gasteiger partial charge in [0.15, 0.2) is 0 Å². The van der Waals surface area contributed by atoms with E-state index in [-0.39, 0.29) is 23.8 Å². The van der Waals surface area contributed by atoms with Crippen LogP contribution in [0.25, 0.3) is 0 Å². The van der Waals surface area contributed by atoms with Crippen LogP contribution in [0.2, 0.25) is 0 Å². The SMILES string of the molecule is CCN1C[C@H](C(=O)NC[C@@H]2CCO[C@H]2c2ccccc2)CC1=O. The van der Waals surface area contributed by atoms with Crippen molar-refractivity contribution in [3.05, 3.63) is 35.9 Å². The van der Waals surface area contributed by atoms with Crippen molar-refractivity contribution in [3.8, 4) is 0 Å². The molecular weight excluding hydrogens is 292 g/mol. The van der Waals surface area contributed by atoms with E-state index >= 15 is 0 Å². The number of nitrogens with one attached hydrogen (secondary N) is 1. The summed E-state index contributed by atoms with van der Waals surface area (Å²) in [6.45, 7) is 4.50. The minimum atomic E-state index is -0.208. The van der Waals surface area contributed by atoms with E-state index in [1.807, 2.05) is 25.1 Å². The molecule has 0 aromatic heterocycles. The van der Waals surface area contributed by atoms with Gasteiger partial charge in [0.25, 0.3) is 0 Å². The molecule has 3 atom stereocenters. The van der Waals surface area contributed by atoms with Gasteiger partial charge in [-0.3, -0.25) is 9.59 Å². The molecule has 0 radical (unpaired) electrons. The highest BCUT2D eigenvalue weighted by Crippen LogP contribution is 2.34. The topological polar surface area (TPSA) is 58.6 Å². The smallest absolute Gasteiger partial charge is 0.225 e. The monoisotopic (exact) mass is 316 g/mol. The summed E-state index contributed by atoms with van der Waals surface area (Å²) in [5.41, 5.74) is 1.16. The van der Waals surface area contributed by atoms with Crippen LogP contribution in [0.1, 0.15) is 31.4 Å². The Bertz CT molecular complexity index is 561. The minimum Gasteiger partial charge on any atom is -0.373 e. The lowest BCUT2D eigenvalue weighted by Gasteiger charge is -2.20. The maximum absolute atomic E-state index is 12.3. The molecule has 0 bridgehead atoms. The fourth-order valence-corrected chi connectivity index (χ4v) is 3.48. The van der Waals surface area contributed by atoms with Crippen molar-refractivity contribution >= 4 is 11.8 Å². The normalized spacial score (nSPS) is 27.4. The van der Waals surface area contributed by atoms with Gasteiger partial charge in [0, 0.05) is 38.6 Å². The van der Waals surface area contributed by atoms with E-state index in [9.17, 15) is 9.59 Å². The van der Waals surface area contributed by atoms with E-state index in [4.69, 9.17) is 4.74 Å². The van der Waals surface area contributed by atoms with E-state index in [1.165, 1.54) is 0 Å². The van der Waals surface area contributed by atoms with Crippen molar-refractivity contribution in [3.63, 3.8) is 0 Å². The van der Waals surface area contributed by atoms with Crippen molar-refractivity contribution in [1.82, 2.24) is 10.2 Å². The standard InChI is InChI=1S/C18H24N2O3/c1-2-20-12-15(10-16(20)21)18(22)19-11-14-8-9-23-17(14)13-6-4-3-5-7-13/h3-7,14-15,17H,2,8-12H2,1H3,(H,19,22)/t14-,15+,17-/m0/s1. The molecule has 1 aromatic carbocycles. The minimum absolute atomic E-state index is 0.00647. The zero-order valence-corrected chi connectivity index (χ0v) is 13.5. The molecular formula is C18H24N2O3. The van der Waals surface area contributed by atoms with Crippen LogP contribution < -0.4 is 5.32 Å². The van der Waals surface area contributed by atoms with Crippen LogP contribution in [-0.4, -0.2) is 43.0 Å². The molecule has 2 saturated heterocycles. The van der Waals surface area contributed by atoms with Crippen LogP contribution in [0, 0.1) is 11.8 Å². The Balaban J connectivity index is 1.54. The number of amides is 2. The summed E-state index contributed by atoms with van der Waals surface area (Å²) in [7, 11) is 0. The van der Waals surface area contributed by atoms with E-state index in [0.717, 1.165) is 18.6 Å². The Morgan fingerprint density at radius 1 is 1.35 bits per heavy atom. The number of benzene rings is 1. The number of hydrogen-bond donors (Lipinski definition) is 1. The first-order valence-electron chi connectivity index (χ1n) is 8.41. The second-order valence-corrected chi connectivity index (χ2v) is 6.33. The van der Waals surface area contributed by atoms with Gasteiger partial charge in [-0.25, -0.2) is 0 Å². The first-order valence-corrected chi connectivity index (χ1v) is 8.41. The predicted octanol–water partition coefficient (Wildman–Crippen LogP) is 1.75. The fraction of sp³-hybridized carbons (Fsp3) is 0.556. The van der Waals surface area contributed by atoms with Crippen LogP contribution in [0.15, 0.2) is 30.3 Å². The Kier molecular flexibility index (Phi) is 4.96. The predicted molar refractivity (Wildman–Crippen MR) is 86.6 cm³/mol. The molecule has 0 aliphatic carbocycles.